The Morgan fingerprint density at radius 1 is 1.44 bits per heavy atom. The lowest BCUT2D eigenvalue weighted by Gasteiger charge is -2.13. The number of nitriles is 1. The number of carbonyl (C=O) groups excluding carboxylic acids is 1. The molecular weight excluding hydrogens is 351 g/mol. The summed E-state index contributed by atoms with van der Waals surface area (Å²) in [6.07, 6.45) is -1.97. The minimum absolute atomic E-state index is 0.0159. The molecule has 134 valence electrons. The van der Waals surface area contributed by atoms with E-state index < -0.39 is 17.3 Å². The van der Waals surface area contributed by atoms with Gasteiger partial charge in [-0.2, -0.15) is 18.4 Å². The third-order valence-electron chi connectivity index (χ3n) is 4.42. The van der Waals surface area contributed by atoms with Crippen LogP contribution in [0.1, 0.15) is 31.2 Å². The van der Waals surface area contributed by atoms with Crippen LogP contribution in [0.3, 0.4) is 0 Å². The second-order valence-corrected chi connectivity index (χ2v) is 7.93. The van der Waals surface area contributed by atoms with Crippen molar-refractivity contribution in [3.8, 4) is 6.07 Å². The number of rotatable bonds is 5. The molecule has 2 N–H and O–H groups in total. The first-order valence-corrected chi connectivity index (χ1v) is 8.97. The molecule has 1 heterocycles. The van der Waals surface area contributed by atoms with E-state index in [1.54, 1.807) is 6.07 Å². The van der Waals surface area contributed by atoms with E-state index in [4.69, 9.17) is 5.26 Å². The molecule has 3 rings (SSSR count). The Balaban J connectivity index is 1.50. The van der Waals surface area contributed by atoms with Gasteiger partial charge in [-0.25, -0.2) is 0 Å². The highest BCUT2D eigenvalue weighted by atomic mass is 32.2. The molecule has 2 atom stereocenters. The number of amides is 1. The van der Waals surface area contributed by atoms with Crippen molar-refractivity contribution in [1.82, 2.24) is 10.6 Å². The second-order valence-electron chi connectivity index (χ2n) is 6.55. The molecule has 1 saturated carbocycles. The van der Waals surface area contributed by atoms with Crippen molar-refractivity contribution in [3.05, 3.63) is 29.8 Å². The van der Waals surface area contributed by atoms with Crippen molar-refractivity contribution in [2.75, 3.05) is 6.54 Å². The molecule has 1 aliphatic carbocycles. The van der Waals surface area contributed by atoms with Crippen LogP contribution < -0.4 is 10.6 Å². The van der Waals surface area contributed by atoms with Gasteiger partial charge in [0, 0.05) is 29.2 Å². The van der Waals surface area contributed by atoms with Gasteiger partial charge in [0.25, 0.3) is 0 Å². The van der Waals surface area contributed by atoms with E-state index in [1.807, 2.05) is 0 Å². The quantitative estimate of drug-likeness (QED) is 0.837. The number of thioether (sulfide) groups is 1. The molecule has 1 saturated heterocycles. The van der Waals surface area contributed by atoms with Crippen LogP contribution in [0, 0.1) is 11.3 Å². The zero-order valence-electron chi connectivity index (χ0n) is 13.4. The summed E-state index contributed by atoms with van der Waals surface area (Å²) < 4.78 is 38.3. The number of halogens is 3. The van der Waals surface area contributed by atoms with Crippen LogP contribution in [0.15, 0.2) is 29.2 Å². The number of carbonyl (C=O) groups is 1. The number of nitrogens with zero attached hydrogens (tertiary/aromatic N) is 1. The molecule has 8 heteroatoms. The topological polar surface area (TPSA) is 64.9 Å². The maximum absolute atomic E-state index is 12.8. The Labute approximate surface area is 148 Å². The van der Waals surface area contributed by atoms with E-state index in [9.17, 15) is 18.0 Å². The Hall–Kier alpha value is -1.72. The summed E-state index contributed by atoms with van der Waals surface area (Å²) >= 11 is 1.40. The fourth-order valence-corrected chi connectivity index (χ4v) is 4.14. The van der Waals surface area contributed by atoms with Crippen LogP contribution in [0.5, 0.6) is 0 Å². The highest BCUT2D eigenvalue weighted by Gasteiger charge is 2.44. The summed E-state index contributed by atoms with van der Waals surface area (Å²) in [4.78, 5) is 12.6. The molecule has 0 unspecified atom stereocenters. The smallest absolute Gasteiger partial charge is 0.338 e. The van der Waals surface area contributed by atoms with Crippen molar-refractivity contribution < 1.29 is 18.0 Å². The van der Waals surface area contributed by atoms with Gasteiger partial charge in [0.05, 0.1) is 11.6 Å². The largest absolute Gasteiger partial charge is 0.416 e. The van der Waals surface area contributed by atoms with Gasteiger partial charge < -0.3 is 10.6 Å². The second kappa shape index (κ2) is 6.89. The van der Waals surface area contributed by atoms with Crippen LogP contribution in [-0.4, -0.2) is 29.3 Å². The number of benzene rings is 1. The van der Waals surface area contributed by atoms with Gasteiger partial charge in [0.15, 0.2) is 0 Å². The molecule has 0 aromatic heterocycles. The average Bonchev–Trinajstić information content (AvgIpc) is 3.19. The van der Waals surface area contributed by atoms with Crippen molar-refractivity contribution in [3.63, 3.8) is 0 Å². The van der Waals surface area contributed by atoms with Crippen molar-refractivity contribution >= 4 is 17.7 Å². The summed E-state index contributed by atoms with van der Waals surface area (Å²) in [5, 5.41) is 15.1. The van der Waals surface area contributed by atoms with Crippen LogP contribution in [-0.2, 0) is 11.0 Å². The van der Waals surface area contributed by atoms with E-state index in [1.165, 1.54) is 17.8 Å². The summed E-state index contributed by atoms with van der Waals surface area (Å²) in [6.45, 7) is 0.641. The third-order valence-corrected chi connectivity index (χ3v) is 5.64. The minimum Gasteiger partial charge on any atom is -0.338 e. The molecule has 2 fully saturated rings. The number of alkyl halides is 3. The molecule has 0 bridgehead atoms. The van der Waals surface area contributed by atoms with Gasteiger partial charge >= 0.3 is 6.18 Å². The molecule has 25 heavy (non-hydrogen) atoms. The summed E-state index contributed by atoms with van der Waals surface area (Å²) in [6, 6.07) is 7.41. The molecule has 0 spiro atoms. The van der Waals surface area contributed by atoms with E-state index in [0.717, 1.165) is 12.1 Å². The normalized spacial score (nSPS) is 24.6. The number of nitrogens with one attached hydrogen (secondary N) is 2. The van der Waals surface area contributed by atoms with Gasteiger partial charge in [-0.1, -0.05) is 6.07 Å². The van der Waals surface area contributed by atoms with Crippen LogP contribution in [0.4, 0.5) is 13.2 Å². The fraction of sp³-hybridized carbons (Fsp3) is 0.529. The maximum Gasteiger partial charge on any atom is 0.416 e. The van der Waals surface area contributed by atoms with E-state index in [-0.39, 0.29) is 23.6 Å². The van der Waals surface area contributed by atoms with Gasteiger partial charge in [0.1, 0.15) is 5.54 Å². The predicted molar refractivity (Wildman–Crippen MR) is 87.8 cm³/mol. The molecule has 4 nitrogen and oxygen atoms in total. The maximum atomic E-state index is 12.8. The molecular formula is C17H18F3N3OS. The summed E-state index contributed by atoms with van der Waals surface area (Å²) in [5.74, 6) is -0.152. The Bertz CT molecular complexity index is 697. The SMILES string of the molecule is N#CC1(NC(=O)C[C@H]2C[C@@H](Sc3cccc(C(F)(F)F)c3)CN2)CC1. The lowest BCUT2D eigenvalue weighted by atomic mass is 10.1. The zero-order chi connectivity index (χ0) is 18.1. The molecule has 1 aromatic carbocycles. The zero-order valence-corrected chi connectivity index (χ0v) is 14.2. The van der Waals surface area contributed by atoms with Crippen LogP contribution >= 0.6 is 11.8 Å². The summed E-state index contributed by atoms with van der Waals surface area (Å²) in [7, 11) is 0. The first-order valence-electron chi connectivity index (χ1n) is 8.09. The Morgan fingerprint density at radius 3 is 2.84 bits per heavy atom. The van der Waals surface area contributed by atoms with Gasteiger partial charge in [0.2, 0.25) is 5.91 Å². The monoisotopic (exact) mass is 369 g/mol. The average molecular weight is 369 g/mol. The lowest BCUT2D eigenvalue weighted by Crippen LogP contribution is -2.39. The minimum atomic E-state index is -4.34. The van der Waals surface area contributed by atoms with E-state index in [2.05, 4.69) is 16.7 Å². The fourth-order valence-electron chi connectivity index (χ4n) is 2.90. The molecule has 1 aromatic rings. The number of hydrogen-bond acceptors (Lipinski definition) is 4. The van der Waals surface area contributed by atoms with Gasteiger partial charge in [-0.3, -0.25) is 4.79 Å². The molecule has 1 aliphatic heterocycles. The highest BCUT2D eigenvalue weighted by molar-refractivity contribution is 8.00. The van der Waals surface area contributed by atoms with Gasteiger partial charge in [-0.15, -0.1) is 11.8 Å². The summed E-state index contributed by atoms with van der Waals surface area (Å²) in [5.41, 5.74) is -1.31. The third kappa shape index (κ3) is 4.67. The van der Waals surface area contributed by atoms with E-state index >= 15 is 0 Å². The van der Waals surface area contributed by atoms with Crippen molar-refractivity contribution in [1.29, 1.82) is 5.26 Å². The first-order chi connectivity index (χ1) is 11.8. The highest BCUT2D eigenvalue weighted by Crippen LogP contribution is 2.36. The first kappa shape index (κ1) is 18.1. The van der Waals surface area contributed by atoms with Crippen LogP contribution in [0.2, 0.25) is 0 Å². The lowest BCUT2D eigenvalue weighted by molar-refractivity contribution is -0.137. The Morgan fingerprint density at radius 2 is 2.20 bits per heavy atom. The van der Waals surface area contributed by atoms with Gasteiger partial charge in [-0.05, 0) is 37.5 Å². The number of hydrogen-bond donors (Lipinski definition) is 2. The predicted octanol–water partition coefficient (Wildman–Crippen LogP) is 3.09. The van der Waals surface area contributed by atoms with E-state index in [0.29, 0.717) is 30.7 Å². The van der Waals surface area contributed by atoms with Crippen molar-refractivity contribution in [2.45, 2.75) is 53.6 Å². The molecule has 2 aliphatic rings. The standard InChI is InChI=1S/C17H18F3N3OS/c18-17(19,20)11-2-1-3-13(6-11)25-14-7-12(22-9-14)8-15(24)23-16(10-21)4-5-16/h1-3,6,12,14,22H,4-5,7-9H2,(H,23,24)/t12-,14-/m1/s1. The van der Waals surface area contributed by atoms with Crippen LogP contribution in [0.25, 0.3) is 0 Å². The molecule has 0 radical (unpaired) electrons. The molecule has 1 amide bonds. The Kier molecular flexibility index (Phi) is 4.98. The van der Waals surface area contributed by atoms with Crippen molar-refractivity contribution in [2.24, 2.45) is 0 Å².